The predicted octanol–water partition coefficient (Wildman–Crippen LogP) is 4.03. The molecule has 2 fully saturated rings. The lowest BCUT2D eigenvalue weighted by Crippen LogP contribution is -2.44. The minimum absolute atomic E-state index is 0.0165. The lowest BCUT2D eigenvalue weighted by Gasteiger charge is -2.46. The van der Waals surface area contributed by atoms with E-state index in [1.54, 1.807) is 0 Å². The van der Waals surface area contributed by atoms with Crippen molar-refractivity contribution >= 4 is 11.9 Å². The summed E-state index contributed by atoms with van der Waals surface area (Å²) in [6.45, 7) is 6.19. The van der Waals surface area contributed by atoms with Gasteiger partial charge in [-0.2, -0.15) is 0 Å². The van der Waals surface area contributed by atoms with Crippen LogP contribution in [0.5, 0.6) is 0 Å². The molecular weight excluding hydrogens is 356 g/mol. The number of allylic oxidation sites excluding steroid dienone is 2. The fourth-order valence-electron chi connectivity index (χ4n) is 5.29. The van der Waals surface area contributed by atoms with Gasteiger partial charge in [0.1, 0.15) is 12.2 Å². The van der Waals surface area contributed by atoms with E-state index in [2.05, 4.69) is 19.1 Å². The molecule has 3 rings (SSSR count). The van der Waals surface area contributed by atoms with Crippen LogP contribution in [0.15, 0.2) is 12.2 Å². The van der Waals surface area contributed by atoms with Crippen LogP contribution in [0.3, 0.4) is 0 Å². The van der Waals surface area contributed by atoms with E-state index in [9.17, 15) is 14.7 Å². The van der Waals surface area contributed by atoms with Crippen molar-refractivity contribution < 1.29 is 24.2 Å². The van der Waals surface area contributed by atoms with Gasteiger partial charge in [-0.1, -0.05) is 32.9 Å². The SMILES string of the molecule is CC[C@H](C)C(=O)O[C@H]1CCC[C@H]2C=C[C@H](C)[C@H](CC[C@H]3C[C@@H](O)CC(=O)O3)[C@H]21. The number of carbonyl (C=O) groups is 2. The number of esters is 2. The van der Waals surface area contributed by atoms with Gasteiger partial charge >= 0.3 is 11.9 Å². The van der Waals surface area contributed by atoms with Crippen molar-refractivity contribution in [2.75, 3.05) is 0 Å². The topological polar surface area (TPSA) is 72.8 Å². The van der Waals surface area contributed by atoms with E-state index in [1.807, 2.05) is 13.8 Å². The Balaban J connectivity index is 1.68. The zero-order valence-corrected chi connectivity index (χ0v) is 17.5. The zero-order chi connectivity index (χ0) is 20.3. The summed E-state index contributed by atoms with van der Waals surface area (Å²) < 4.78 is 11.5. The first-order valence-corrected chi connectivity index (χ1v) is 11.1. The number of rotatable bonds is 6. The molecular formula is C23H36O5. The van der Waals surface area contributed by atoms with Crippen molar-refractivity contribution in [3.8, 4) is 0 Å². The first-order valence-electron chi connectivity index (χ1n) is 11.1. The van der Waals surface area contributed by atoms with Crippen molar-refractivity contribution in [1.82, 2.24) is 0 Å². The Kier molecular flexibility index (Phi) is 7.19. The van der Waals surface area contributed by atoms with E-state index in [1.165, 1.54) is 0 Å². The van der Waals surface area contributed by atoms with Gasteiger partial charge in [-0.05, 0) is 56.3 Å². The summed E-state index contributed by atoms with van der Waals surface area (Å²) in [6.07, 6.45) is 10.2. The Labute approximate surface area is 168 Å². The zero-order valence-electron chi connectivity index (χ0n) is 17.5. The summed E-state index contributed by atoms with van der Waals surface area (Å²) in [7, 11) is 0. The van der Waals surface area contributed by atoms with Crippen LogP contribution < -0.4 is 0 Å². The van der Waals surface area contributed by atoms with E-state index in [0.29, 0.717) is 30.1 Å². The van der Waals surface area contributed by atoms with Gasteiger partial charge in [-0.3, -0.25) is 9.59 Å². The number of carbonyl (C=O) groups excluding carboxylic acids is 2. The molecule has 28 heavy (non-hydrogen) atoms. The van der Waals surface area contributed by atoms with Gasteiger partial charge in [0.15, 0.2) is 0 Å². The molecule has 1 saturated carbocycles. The Hall–Kier alpha value is -1.36. The van der Waals surface area contributed by atoms with E-state index in [-0.39, 0.29) is 36.5 Å². The third kappa shape index (κ3) is 4.97. The molecule has 3 aliphatic rings. The highest BCUT2D eigenvalue weighted by Crippen LogP contribution is 2.46. The lowest BCUT2D eigenvalue weighted by molar-refractivity contribution is -0.164. The molecule has 8 atom stereocenters. The summed E-state index contributed by atoms with van der Waals surface area (Å²) in [5.41, 5.74) is 0. The predicted molar refractivity (Wildman–Crippen MR) is 106 cm³/mol. The summed E-state index contributed by atoms with van der Waals surface area (Å²) in [6, 6.07) is 0. The number of aliphatic hydroxyl groups is 1. The first-order chi connectivity index (χ1) is 13.4. The van der Waals surface area contributed by atoms with Crippen molar-refractivity contribution in [2.45, 2.75) is 90.4 Å². The Morgan fingerprint density at radius 3 is 2.82 bits per heavy atom. The van der Waals surface area contributed by atoms with Crippen molar-refractivity contribution in [3.63, 3.8) is 0 Å². The number of hydrogen-bond donors (Lipinski definition) is 1. The van der Waals surface area contributed by atoms with Crippen molar-refractivity contribution in [3.05, 3.63) is 12.2 Å². The fourth-order valence-corrected chi connectivity index (χ4v) is 5.29. The van der Waals surface area contributed by atoms with Gasteiger partial charge in [0.05, 0.1) is 18.4 Å². The average molecular weight is 393 g/mol. The van der Waals surface area contributed by atoms with Crippen molar-refractivity contribution in [1.29, 1.82) is 0 Å². The van der Waals surface area contributed by atoms with Crippen LogP contribution in [0.4, 0.5) is 0 Å². The van der Waals surface area contributed by atoms with Crippen LogP contribution in [0.1, 0.15) is 72.1 Å². The number of ether oxygens (including phenoxy) is 2. The van der Waals surface area contributed by atoms with Gasteiger partial charge in [0.25, 0.3) is 0 Å². The molecule has 158 valence electrons. The Morgan fingerprint density at radius 1 is 1.32 bits per heavy atom. The smallest absolute Gasteiger partial charge is 0.308 e. The van der Waals surface area contributed by atoms with Gasteiger partial charge in [0.2, 0.25) is 0 Å². The molecule has 2 aliphatic carbocycles. The molecule has 0 radical (unpaired) electrons. The second kappa shape index (κ2) is 9.43. The first kappa shape index (κ1) is 21.4. The van der Waals surface area contributed by atoms with Crippen LogP contribution in [0, 0.1) is 29.6 Å². The van der Waals surface area contributed by atoms with Crippen LogP contribution in [-0.4, -0.2) is 35.4 Å². The average Bonchev–Trinajstić information content (AvgIpc) is 2.66. The minimum Gasteiger partial charge on any atom is -0.462 e. The molecule has 1 aliphatic heterocycles. The van der Waals surface area contributed by atoms with E-state index in [0.717, 1.165) is 38.5 Å². The van der Waals surface area contributed by atoms with Crippen LogP contribution in [0.2, 0.25) is 0 Å². The largest absolute Gasteiger partial charge is 0.462 e. The molecule has 5 heteroatoms. The highest BCUT2D eigenvalue weighted by molar-refractivity contribution is 5.72. The molecule has 5 nitrogen and oxygen atoms in total. The molecule has 0 aromatic rings. The van der Waals surface area contributed by atoms with Crippen LogP contribution >= 0.6 is 0 Å². The molecule has 0 bridgehead atoms. The van der Waals surface area contributed by atoms with Crippen LogP contribution in [0.25, 0.3) is 0 Å². The summed E-state index contributed by atoms with van der Waals surface area (Å²) >= 11 is 0. The normalized spacial score (nSPS) is 39.0. The number of fused-ring (bicyclic) bond motifs is 1. The van der Waals surface area contributed by atoms with Gasteiger partial charge in [-0.25, -0.2) is 0 Å². The van der Waals surface area contributed by atoms with Crippen molar-refractivity contribution in [2.24, 2.45) is 29.6 Å². The minimum atomic E-state index is -0.582. The van der Waals surface area contributed by atoms with E-state index in [4.69, 9.17) is 9.47 Å². The number of aliphatic hydroxyl groups excluding tert-OH is 1. The summed E-state index contributed by atoms with van der Waals surface area (Å²) in [5, 5.41) is 9.87. The quantitative estimate of drug-likeness (QED) is 0.546. The second-order valence-corrected chi connectivity index (χ2v) is 9.15. The molecule has 0 aromatic heterocycles. The van der Waals surface area contributed by atoms with Gasteiger partial charge < -0.3 is 14.6 Å². The molecule has 0 unspecified atom stereocenters. The molecule has 0 aromatic carbocycles. The van der Waals surface area contributed by atoms with Crippen LogP contribution in [-0.2, 0) is 19.1 Å². The van der Waals surface area contributed by atoms with E-state index < -0.39 is 6.10 Å². The standard InChI is InChI=1S/C23H36O5/c1-4-14(2)23(26)28-20-7-5-6-16-9-8-15(3)19(22(16)20)11-10-18-12-17(24)13-21(25)27-18/h8-9,14-20,22,24H,4-7,10-13H2,1-3H3/t14-,15-,16-,17+,18-,19-,20-,22-/m0/s1. The monoisotopic (exact) mass is 392 g/mol. The Morgan fingerprint density at radius 2 is 2.11 bits per heavy atom. The molecule has 1 heterocycles. The maximum absolute atomic E-state index is 12.5. The molecule has 1 N–H and O–H groups in total. The Bertz CT molecular complexity index is 586. The maximum atomic E-state index is 12.5. The third-order valence-corrected chi connectivity index (χ3v) is 7.12. The highest BCUT2D eigenvalue weighted by Gasteiger charge is 2.43. The van der Waals surface area contributed by atoms with Gasteiger partial charge in [-0.15, -0.1) is 0 Å². The summed E-state index contributed by atoms with van der Waals surface area (Å²) in [4.78, 5) is 24.1. The third-order valence-electron chi connectivity index (χ3n) is 7.12. The number of cyclic esters (lactones) is 1. The second-order valence-electron chi connectivity index (χ2n) is 9.15. The molecule has 0 amide bonds. The maximum Gasteiger partial charge on any atom is 0.308 e. The van der Waals surface area contributed by atoms with Gasteiger partial charge in [0, 0.05) is 12.3 Å². The molecule has 1 saturated heterocycles. The fraction of sp³-hybridized carbons (Fsp3) is 0.826. The number of hydrogen-bond acceptors (Lipinski definition) is 5. The highest BCUT2D eigenvalue weighted by atomic mass is 16.5. The lowest BCUT2D eigenvalue weighted by atomic mass is 9.62. The molecule has 0 spiro atoms. The summed E-state index contributed by atoms with van der Waals surface area (Å²) in [5.74, 6) is 1.19. The van der Waals surface area contributed by atoms with E-state index >= 15 is 0 Å².